The van der Waals surface area contributed by atoms with E-state index >= 15 is 0 Å². The summed E-state index contributed by atoms with van der Waals surface area (Å²) in [6.45, 7) is 0.207. The first-order valence-corrected chi connectivity index (χ1v) is 7.75. The number of rotatable bonds is 0. The molecule has 1 aliphatic carbocycles. The van der Waals surface area contributed by atoms with E-state index in [2.05, 4.69) is 0 Å². The second-order valence-corrected chi connectivity index (χ2v) is 6.21. The Bertz CT molecular complexity index is 838. The quantitative estimate of drug-likeness (QED) is 0.638. The Morgan fingerprint density at radius 3 is 2.05 bits per heavy atom. The van der Waals surface area contributed by atoms with Crippen LogP contribution in [0.5, 0.6) is 0 Å². The van der Waals surface area contributed by atoms with Crippen molar-refractivity contribution >= 4 is 22.6 Å². The lowest BCUT2D eigenvalue weighted by Gasteiger charge is -2.22. The maximum atomic E-state index is 12.6. The van der Waals surface area contributed by atoms with Gasteiger partial charge in [0.2, 0.25) is 0 Å². The summed E-state index contributed by atoms with van der Waals surface area (Å²) in [5, 5.41) is 0. The standard InChI is InChI=1S/C16H10O4S/c17-15-11-3-1-2-4-12(11)16(18)14-6-10-8-21(19)20-7-9(10)5-13(14)15/h1-6H,7-8H2. The lowest BCUT2D eigenvalue weighted by Crippen LogP contribution is -2.23. The van der Waals surface area contributed by atoms with Gasteiger partial charge in [-0.2, -0.15) is 0 Å². The summed E-state index contributed by atoms with van der Waals surface area (Å²) in [5.74, 6) is -0.0406. The molecule has 2 aliphatic rings. The number of fused-ring (bicyclic) bond motifs is 3. The van der Waals surface area contributed by atoms with Crippen LogP contribution in [0.4, 0.5) is 0 Å². The molecule has 4 rings (SSSR count). The van der Waals surface area contributed by atoms with Crippen molar-refractivity contribution in [2.75, 3.05) is 0 Å². The van der Waals surface area contributed by atoms with Crippen LogP contribution in [0.2, 0.25) is 0 Å². The molecule has 0 amide bonds. The van der Waals surface area contributed by atoms with Crippen LogP contribution in [0, 0.1) is 0 Å². The van der Waals surface area contributed by atoms with Gasteiger partial charge < -0.3 is 0 Å². The molecule has 5 heteroatoms. The number of ketones is 2. The Balaban J connectivity index is 1.95. The fraction of sp³-hybridized carbons (Fsp3) is 0.125. The van der Waals surface area contributed by atoms with Crippen molar-refractivity contribution in [1.82, 2.24) is 0 Å². The Hall–Kier alpha value is -2.11. The SMILES string of the molecule is O=C1c2ccccc2C(=O)c2cc3c(cc21)COS(=O)C3. The molecule has 0 bridgehead atoms. The highest BCUT2D eigenvalue weighted by Crippen LogP contribution is 2.31. The Morgan fingerprint density at radius 1 is 0.857 bits per heavy atom. The van der Waals surface area contributed by atoms with Gasteiger partial charge in [-0.15, -0.1) is 0 Å². The molecule has 1 atom stereocenters. The van der Waals surface area contributed by atoms with Crippen LogP contribution in [-0.2, 0) is 27.6 Å². The lowest BCUT2D eigenvalue weighted by atomic mass is 9.82. The summed E-state index contributed by atoms with van der Waals surface area (Å²) in [5.41, 5.74) is 3.33. The van der Waals surface area contributed by atoms with Crippen LogP contribution in [-0.4, -0.2) is 15.8 Å². The highest BCUT2D eigenvalue weighted by molar-refractivity contribution is 7.79. The van der Waals surface area contributed by atoms with Crippen LogP contribution in [0.3, 0.4) is 0 Å². The van der Waals surface area contributed by atoms with Gasteiger partial charge in [-0.05, 0) is 23.3 Å². The molecule has 104 valence electrons. The van der Waals surface area contributed by atoms with Crippen LogP contribution in [0.15, 0.2) is 36.4 Å². The van der Waals surface area contributed by atoms with Gasteiger partial charge in [-0.1, -0.05) is 24.3 Å². The van der Waals surface area contributed by atoms with Crippen molar-refractivity contribution in [1.29, 1.82) is 0 Å². The molecule has 0 spiro atoms. The molecule has 0 saturated carbocycles. The maximum absolute atomic E-state index is 12.6. The molecule has 21 heavy (non-hydrogen) atoms. The summed E-state index contributed by atoms with van der Waals surface area (Å²) in [7, 11) is 0. The fourth-order valence-electron chi connectivity index (χ4n) is 2.80. The smallest absolute Gasteiger partial charge is 0.194 e. The molecule has 0 N–H and O–H groups in total. The molecular formula is C16H10O4S. The van der Waals surface area contributed by atoms with Gasteiger partial charge in [0, 0.05) is 22.3 Å². The number of hydrogen-bond acceptors (Lipinski definition) is 4. The van der Waals surface area contributed by atoms with Gasteiger partial charge in [0.05, 0.1) is 12.4 Å². The molecule has 2 aromatic rings. The van der Waals surface area contributed by atoms with E-state index in [0.717, 1.165) is 11.1 Å². The zero-order valence-electron chi connectivity index (χ0n) is 10.9. The first-order valence-electron chi connectivity index (χ1n) is 6.51. The van der Waals surface area contributed by atoms with E-state index in [1.165, 1.54) is 0 Å². The van der Waals surface area contributed by atoms with Gasteiger partial charge in [-0.25, -0.2) is 4.21 Å². The summed E-state index contributed by atoms with van der Waals surface area (Å²) in [6.07, 6.45) is 0. The lowest BCUT2D eigenvalue weighted by molar-refractivity contribution is 0.0979. The van der Waals surface area contributed by atoms with Crippen molar-refractivity contribution < 1.29 is 18.0 Å². The molecule has 1 heterocycles. The minimum Gasteiger partial charge on any atom is -0.289 e. The zero-order valence-corrected chi connectivity index (χ0v) is 11.7. The number of carbonyl (C=O) groups excluding carboxylic acids is 2. The van der Waals surface area contributed by atoms with Gasteiger partial charge in [-0.3, -0.25) is 13.8 Å². The monoisotopic (exact) mass is 298 g/mol. The second kappa shape index (κ2) is 4.44. The van der Waals surface area contributed by atoms with Crippen LogP contribution in [0.1, 0.15) is 43.0 Å². The molecule has 2 aromatic carbocycles. The topological polar surface area (TPSA) is 60.4 Å². The van der Waals surface area contributed by atoms with E-state index in [4.69, 9.17) is 4.18 Å². The normalized spacial score (nSPS) is 19.7. The minimum atomic E-state index is -1.36. The van der Waals surface area contributed by atoms with Crippen LogP contribution >= 0.6 is 0 Å². The first kappa shape index (κ1) is 12.6. The van der Waals surface area contributed by atoms with E-state index < -0.39 is 11.1 Å². The third kappa shape index (κ3) is 1.81. The summed E-state index contributed by atoms with van der Waals surface area (Å²) >= 11 is -1.36. The molecule has 0 fully saturated rings. The van der Waals surface area contributed by atoms with Gasteiger partial charge in [0.15, 0.2) is 22.6 Å². The summed E-state index contributed by atoms with van der Waals surface area (Å²) in [4.78, 5) is 25.1. The van der Waals surface area contributed by atoms with Crippen LogP contribution in [0.25, 0.3) is 0 Å². The largest absolute Gasteiger partial charge is 0.289 e. The Kier molecular flexibility index (Phi) is 2.67. The third-order valence-electron chi connectivity index (χ3n) is 3.86. The summed E-state index contributed by atoms with van der Waals surface area (Å²) < 4.78 is 16.6. The van der Waals surface area contributed by atoms with Crippen LogP contribution < -0.4 is 0 Å². The van der Waals surface area contributed by atoms with Crippen molar-refractivity contribution in [2.45, 2.75) is 12.4 Å². The molecular weight excluding hydrogens is 288 g/mol. The first-order chi connectivity index (χ1) is 10.1. The van der Waals surface area contributed by atoms with E-state index in [0.29, 0.717) is 22.3 Å². The van der Waals surface area contributed by atoms with Gasteiger partial charge in [0.1, 0.15) is 0 Å². The van der Waals surface area contributed by atoms with E-state index in [1.807, 2.05) is 0 Å². The van der Waals surface area contributed by atoms with E-state index in [-0.39, 0.29) is 23.9 Å². The fourth-order valence-corrected chi connectivity index (χ4v) is 3.67. The second-order valence-electron chi connectivity index (χ2n) is 5.08. The number of benzene rings is 2. The number of carbonyl (C=O) groups is 2. The molecule has 0 aromatic heterocycles. The molecule has 0 saturated heterocycles. The highest BCUT2D eigenvalue weighted by atomic mass is 32.2. The minimum absolute atomic E-state index is 0.144. The van der Waals surface area contributed by atoms with Crippen molar-refractivity contribution in [3.05, 3.63) is 69.8 Å². The summed E-state index contributed by atoms with van der Waals surface area (Å²) in [6, 6.07) is 10.2. The molecule has 1 unspecified atom stereocenters. The predicted molar refractivity (Wildman–Crippen MR) is 76.4 cm³/mol. The average Bonchev–Trinajstić information content (AvgIpc) is 2.51. The average molecular weight is 298 g/mol. The molecule has 4 nitrogen and oxygen atoms in total. The van der Waals surface area contributed by atoms with E-state index in [1.54, 1.807) is 36.4 Å². The maximum Gasteiger partial charge on any atom is 0.194 e. The third-order valence-corrected chi connectivity index (χ3v) is 4.79. The van der Waals surface area contributed by atoms with Crippen molar-refractivity contribution in [2.24, 2.45) is 0 Å². The zero-order chi connectivity index (χ0) is 14.6. The Labute approximate surface area is 123 Å². The van der Waals surface area contributed by atoms with Gasteiger partial charge in [0.25, 0.3) is 0 Å². The molecule has 0 radical (unpaired) electrons. The van der Waals surface area contributed by atoms with Crippen molar-refractivity contribution in [3.8, 4) is 0 Å². The van der Waals surface area contributed by atoms with E-state index in [9.17, 15) is 13.8 Å². The predicted octanol–water partition coefficient (Wildman–Crippen LogP) is 2.16. The Morgan fingerprint density at radius 2 is 1.43 bits per heavy atom. The number of hydrogen-bond donors (Lipinski definition) is 0. The van der Waals surface area contributed by atoms with Gasteiger partial charge >= 0.3 is 0 Å². The van der Waals surface area contributed by atoms with Crippen molar-refractivity contribution in [3.63, 3.8) is 0 Å². The molecule has 1 aliphatic heterocycles. The highest BCUT2D eigenvalue weighted by Gasteiger charge is 2.31.